The molecule has 0 spiro atoms. The Bertz CT molecular complexity index is 1350. The summed E-state index contributed by atoms with van der Waals surface area (Å²) in [6, 6.07) is 3.99. The molecule has 3 heterocycles. The van der Waals surface area contributed by atoms with E-state index in [1.165, 1.54) is 18.2 Å². The smallest absolute Gasteiger partial charge is 0.258 e. The van der Waals surface area contributed by atoms with Crippen molar-refractivity contribution in [3.8, 4) is 5.75 Å². The normalized spacial score (nSPS) is 19.1. The van der Waals surface area contributed by atoms with Crippen molar-refractivity contribution in [1.82, 2.24) is 24.8 Å². The predicted molar refractivity (Wildman–Crippen MR) is 128 cm³/mol. The number of nitrogens with one attached hydrogen (secondary N) is 1. The molecule has 1 N–H and O–H groups in total. The van der Waals surface area contributed by atoms with Gasteiger partial charge in [-0.1, -0.05) is 25.4 Å². The number of ether oxygens (including phenoxy) is 1. The van der Waals surface area contributed by atoms with Crippen LogP contribution in [0.2, 0.25) is 5.02 Å². The topological polar surface area (TPSA) is 88.8 Å². The van der Waals surface area contributed by atoms with E-state index in [1.807, 2.05) is 27.7 Å². The summed E-state index contributed by atoms with van der Waals surface area (Å²) in [6.07, 6.45) is 1.03. The average Bonchev–Trinajstić information content (AvgIpc) is 3.34. The van der Waals surface area contributed by atoms with Crippen LogP contribution < -0.4 is 10.1 Å². The van der Waals surface area contributed by atoms with Crippen LogP contribution in [0.4, 0.5) is 4.39 Å². The third kappa shape index (κ3) is 4.22. The molecule has 1 aliphatic heterocycles. The fraction of sp³-hybridized carbons (Fsp3) is 0.440. The van der Waals surface area contributed by atoms with E-state index >= 15 is 0 Å². The summed E-state index contributed by atoms with van der Waals surface area (Å²) in [6.45, 7) is 8.07. The van der Waals surface area contributed by atoms with Crippen molar-refractivity contribution >= 4 is 29.1 Å². The Hall–Kier alpha value is -3.20. The molecule has 10 heteroatoms. The van der Waals surface area contributed by atoms with E-state index < -0.39 is 5.82 Å². The number of benzene rings is 1. The Morgan fingerprint density at radius 2 is 1.97 bits per heavy atom. The Morgan fingerprint density at radius 3 is 2.69 bits per heavy atom. The molecule has 1 aliphatic carbocycles. The summed E-state index contributed by atoms with van der Waals surface area (Å²) in [5.41, 5.74) is 4.15. The summed E-state index contributed by atoms with van der Waals surface area (Å²) in [4.78, 5) is 31.6. The van der Waals surface area contributed by atoms with E-state index in [1.54, 1.807) is 9.42 Å². The van der Waals surface area contributed by atoms with Crippen LogP contribution in [0.25, 0.3) is 5.65 Å². The fourth-order valence-corrected chi connectivity index (χ4v) is 4.65. The molecule has 1 fully saturated rings. The van der Waals surface area contributed by atoms with Gasteiger partial charge in [0.05, 0.1) is 40.8 Å². The third-order valence-electron chi connectivity index (χ3n) is 6.68. The molecule has 184 valence electrons. The average molecular weight is 500 g/mol. The highest BCUT2D eigenvalue weighted by Crippen LogP contribution is 2.33. The first-order valence-corrected chi connectivity index (χ1v) is 12.1. The van der Waals surface area contributed by atoms with Gasteiger partial charge in [0, 0.05) is 36.4 Å². The quantitative estimate of drug-likeness (QED) is 0.573. The number of aromatic nitrogens is 3. The number of amides is 2. The number of hydrogen-bond donors (Lipinski definition) is 1. The number of nitrogens with zero attached hydrogens (tertiary/aromatic N) is 4. The highest BCUT2D eigenvalue weighted by molar-refractivity contribution is 6.31. The lowest BCUT2D eigenvalue weighted by atomic mass is 9.88. The summed E-state index contributed by atoms with van der Waals surface area (Å²) >= 11 is 6.32. The first-order chi connectivity index (χ1) is 16.6. The summed E-state index contributed by atoms with van der Waals surface area (Å²) in [5, 5.41) is 8.16. The highest BCUT2D eigenvalue weighted by Gasteiger charge is 2.35. The molecular weight excluding hydrogens is 473 g/mol. The predicted octanol–water partition coefficient (Wildman–Crippen LogP) is 3.98. The second-order valence-electron chi connectivity index (χ2n) is 9.63. The molecule has 5 rings (SSSR count). The van der Waals surface area contributed by atoms with Crippen molar-refractivity contribution in [3.63, 3.8) is 0 Å². The molecule has 0 saturated heterocycles. The van der Waals surface area contributed by atoms with Gasteiger partial charge in [0.25, 0.3) is 5.91 Å². The Balaban J connectivity index is 1.32. The maximum Gasteiger partial charge on any atom is 0.258 e. The summed E-state index contributed by atoms with van der Waals surface area (Å²) in [5.74, 6) is -0.617. The van der Waals surface area contributed by atoms with Crippen LogP contribution in [0.3, 0.4) is 0 Å². The lowest BCUT2D eigenvalue weighted by Crippen LogP contribution is -2.50. The monoisotopic (exact) mass is 499 g/mol. The van der Waals surface area contributed by atoms with E-state index in [2.05, 4.69) is 15.4 Å². The first kappa shape index (κ1) is 23.5. The van der Waals surface area contributed by atoms with Crippen LogP contribution in [0, 0.1) is 25.6 Å². The van der Waals surface area contributed by atoms with Gasteiger partial charge in [0.1, 0.15) is 17.7 Å². The second-order valence-corrected chi connectivity index (χ2v) is 10.0. The highest BCUT2D eigenvalue weighted by atomic mass is 35.5. The Kier molecular flexibility index (Phi) is 5.91. The van der Waals surface area contributed by atoms with Crippen molar-refractivity contribution in [1.29, 1.82) is 0 Å². The van der Waals surface area contributed by atoms with Crippen molar-refractivity contribution in [2.75, 3.05) is 0 Å². The minimum absolute atomic E-state index is 0.00282. The maximum atomic E-state index is 14.1. The number of hydrogen-bond acceptors (Lipinski definition) is 5. The van der Waals surface area contributed by atoms with Crippen LogP contribution in [0.5, 0.6) is 5.75 Å². The van der Waals surface area contributed by atoms with Crippen LogP contribution in [0.15, 0.2) is 18.2 Å². The van der Waals surface area contributed by atoms with Gasteiger partial charge >= 0.3 is 0 Å². The lowest BCUT2D eigenvalue weighted by molar-refractivity contribution is -0.125. The van der Waals surface area contributed by atoms with Crippen LogP contribution in [-0.2, 0) is 17.9 Å². The zero-order valence-corrected chi connectivity index (χ0v) is 20.8. The van der Waals surface area contributed by atoms with E-state index in [9.17, 15) is 14.0 Å². The van der Waals surface area contributed by atoms with Crippen molar-refractivity contribution in [3.05, 3.63) is 57.2 Å². The molecule has 35 heavy (non-hydrogen) atoms. The molecule has 0 unspecified atom stereocenters. The molecule has 0 atom stereocenters. The molecule has 3 aromatic rings. The second kappa shape index (κ2) is 8.78. The van der Waals surface area contributed by atoms with E-state index in [-0.39, 0.29) is 35.6 Å². The number of carbonyl (C=O) groups is 2. The molecule has 0 radical (unpaired) electrons. The molecule has 0 bridgehead atoms. The molecule has 8 nitrogen and oxygen atoms in total. The summed E-state index contributed by atoms with van der Waals surface area (Å²) in [7, 11) is 0. The van der Waals surface area contributed by atoms with Gasteiger partial charge in [0.15, 0.2) is 5.65 Å². The van der Waals surface area contributed by atoms with Crippen molar-refractivity contribution < 1.29 is 18.7 Å². The lowest BCUT2D eigenvalue weighted by Gasteiger charge is -2.36. The Morgan fingerprint density at radius 1 is 1.23 bits per heavy atom. The number of fused-ring (bicyclic) bond motifs is 3. The molecule has 2 aliphatic rings. The van der Waals surface area contributed by atoms with Crippen molar-refractivity contribution in [2.45, 2.75) is 65.8 Å². The van der Waals surface area contributed by atoms with Gasteiger partial charge in [-0.3, -0.25) is 9.59 Å². The molecular formula is C25H27ClFN5O3. The minimum atomic E-state index is -0.477. The van der Waals surface area contributed by atoms with Gasteiger partial charge in [-0.2, -0.15) is 5.10 Å². The maximum absolute atomic E-state index is 14.1. The van der Waals surface area contributed by atoms with Crippen LogP contribution in [-0.4, -0.2) is 43.5 Å². The van der Waals surface area contributed by atoms with Crippen LogP contribution >= 0.6 is 11.6 Å². The SMILES string of the molecule is Cc1nc2c3c(nn2c(C)c1Cl)CN(C(=O)c1ccc(F)cc1O[C@H]1C[C@H](NC(=O)C(C)C)C1)C3. The zero-order valence-electron chi connectivity index (χ0n) is 20.1. The largest absolute Gasteiger partial charge is 0.489 e. The van der Waals surface area contributed by atoms with Crippen LogP contribution in [0.1, 0.15) is 59.7 Å². The fourth-order valence-electron chi connectivity index (χ4n) is 4.52. The van der Waals surface area contributed by atoms with Gasteiger partial charge in [-0.05, 0) is 26.0 Å². The third-order valence-corrected chi connectivity index (χ3v) is 7.22. The minimum Gasteiger partial charge on any atom is -0.489 e. The first-order valence-electron chi connectivity index (χ1n) is 11.7. The number of carbonyl (C=O) groups excluding carboxylic acids is 2. The van der Waals surface area contributed by atoms with Gasteiger partial charge in [0.2, 0.25) is 5.91 Å². The number of aryl methyl sites for hydroxylation is 2. The molecule has 2 aromatic heterocycles. The molecule has 1 aromatic carbocycles. The van der Waals surface area contributed by atoms with Gasteiger partial charge in [-0.15, -0.1) is 0 Å². The van der Waals surface area contributed by atoms with Crippen molar-refractivity contribution in [2.24, 2.45) is 5.92 Å². The Labute approximate surface area is 207 Å². The van der Waals surface area contributed by atoms with Gasteiger partial charge in [-0.25, -0.2) is 13.9 Å². The van der Waals surface area contributed by atoms with Gasteiger partial charge < -0.3 is 15.0 Å². The van der Waals surface area contributed by atoms with E-state index in [0.29, 0.717) is 47.9 Å². The molecule has 2 amide bonds. The standard InChI is InChI=1S/C25H27ClFN5O3/c1-12(2)24(33)29-16-8-17(9-16)35-21-7-15(27)5-6-18(21)25(34)31-10-19-20(11-31)30-32-14(4)22(26)13(3)28-23(19)32/h5-7,12,16-17H,8-11H2,1-4H3,(H,29,33)/t16-,17-. The summed E-state index contributed by atoms with van der Waals surface area (Å²) < 4.78 is 21.8. The number of rotatable bonds is 5. The van der Waals surface area contributed by atoms with E-state index in [0.717, 1.165) is 17.0 Å². The number of halogens is 2. The zero-order chi connectivity index (χ0) is 25.0. The van der Waals surface area contributed by atoms with E-state index in [4.69, 9.17) is 16.3 Å². The molecule has 1 saturated carbocycles.